The van der Waals surface area contributed by atoms with Crippen LogP contribution >= 0.6 is 11.8 Å². The lowest BCUT2D eigenvalue weighted by atomic mass is 10.1. The summed E-state index contributed by atoms with van der Waals surface area (Å²) in [6.45, 7) is 5.74. The van der Waals surface area contributed by atoms with Crippen LogP contribution in [0.3, 0.4) is 0 Å². The van der Waals surface area contributed by atoms with Gasteiger partial charge in [-0.1, -0.05) is 18.2 Å². The molecule has 0 spiro atoms. The van der Waals surface area contributed by atoms with Gasteiger partial charge in [-0.2, -0.15) is 0 Å². The second kappa shape index (κ2) is 6.54. The van der Waals surface area contributed by atoms with Crippen molar-refractivity contribution in [1.29, 1.82) is 0 Å². The Bertz CT molecular complexity index is 951. The van der Waals surface area contributed by atoms with Crippen molar-refractivity contribution >= 4 is 17.4 Å². The molecule has 0 bridgehead atoms. The molecular weight excluding hydrogens is 390 g/mol. The zero-order valence-electron chi connectivity index (χ0n) is 16.4. The molecule has 6 rings (SSSR count). The fourth-order valence-corrected chi connectivity index (χ4v) is 5.91. The first-order chi connectivity index (χ1) is 14.1. The first-order valence-corrected chi connectivity index (χ1v) is 10.8. The van der Waals surface area contributed by atoms with Crippen molar-refractivity contribution in [3.05, 3.63) is 48.0 Å². The van der Waals surface area contributed by atoms with Crippen LogP contribution in [0.15, 0.2) is 47.4 Å². The van der Waals surface area contributed by atoms with Crippen LogP contribution in [-0.4, -0.2) is 42.9 Å². The van der Waals surface area contributed by atoms with E-state index in [1.807, 2.05) is 31.7 Å². The first-order valence-electron chi connectivity index (χ1n) is 9.96. The molecule has 0 N–H and O–H groups in total. The topological polar surface area (TPSA) is 49.4 Å². The number of anilines is 1. The summed E-state index contributed by atoms with van der Waals surface area (Å²) in [4.78, 5) is 3.63. The lowest BCUT2D eigenvalue weighted by molar-refractivity contribution is -0.202. The number of thioether (sulfide) groups is 1. The molecule has 29 heavy (non-hydrogen) atoms. The van der Waals surface area contributed by atoms with Gasteiger partial charge in [0.25, 0.3) is 0 Å². The summed E-state index contributed by atoms with van der Waals surface area (Å²) in [5.41, 5.74) is 2.40. The first kappa shape index (κ1) is 17.9. The van der Waals surface area contributed by atoms with Crippen LogP contribution in [-0.2, 0) is 20.8 Å². The van der Waals surface area contributed by atoms with Gasteiger partial charge in [-0.15, -0.1) is 11.8 Å². The van der Waals surface area contributed by atoms with Crippen LogP contribution in [0.4, 0.5) is 5.69 Å². The number of fused-ring (bicyclic) bond motifs is 5. The number of nitrogens with zero attached hydrogens (tertiary/aromatic N) is 1. The molecule has 4 heterocycles. The quantitative estimate of drug-likeness (QED) is 0.743. The van der Waals surface area contributed by atoms with Crippen LogP contribution in [0.25, 0.3) is 0 Å². The maximum Gasteiger partial charge on any atom is 0.231 e. The van der Waals surface area contributed by atoms with E-state index < -0.39 is 5.79 Å². The number of hydrogen-bond acceptors (Lipinski definition) is 7. The zero-order valence-corrected chi connectivity index (χ0v) is 17.2. The standard InChI is InChI=1S/C22H23NO5S/c1-22(2)27-19-20-17(26-21(19)28-22)11-23(14-5-3-4-6-18(14)29-20)10-13-7-8-15-16(9-13)25-12-24-15/h3-9,17,19-21H,10-12H2,1-2H3/t17-,19-,20+,21-/m1/s1. The minimum atomic E-state index is -0.598. The second-order valence-electron chi connectivity index (χ2n) is 8.26. The largest absolute Gasteiger partial charge is 0.454 e. The third-order valence-electron chi connectivity index (χ3n) is 5.77. The molecule has 4 atom stereocenters. The van der Waals surface area contributed by atoms with Crippen LogP contribution in [0.2, 0.25) is 0 Å². The molecule has 7 heteroatoms. The lowest BCUT2D eigenvalue weighted by Gasteiger charge is -2.28. The highest BCUT2D eigenvalue weighted by Crippen LogP contribution is 2.48. The Morgan fingerprint density at radius 3 is 2.86 bits per heavy atom. The van der Waals surface area contributed by atoms with Crippen LogP contribution in [0.5, 0.6) is 11.5 Å². The molecule has 0 amide bonds. The number of benzene rings is 2. The molecule has 0 unspecified atom stereocenters. The van der Waals surface area contributed by atoms with Gasteiger partial charge in [-0.05, 0) is 43.7 Å². The Kier molecular flexibility index (Phi) is 4.03. The summed E-state index contributed by atoms with van der Waals surface area (Å²) in [6.07, 6.45) is -0.323. The van der Waals surface area contributed by atoms with Gasteiger partial charge in [-0.25, -0.2) is 0 Å². The van der Waals surface area contributed by atoms with E-state index in [1.54, 1.807) is 0 Å². The molecule has 4 aliphatic heterocycles. The molecule has 6 nitrogen and oxygen atoms in total. The van der Waals surface area contributed by atoms with E-state index in [0.717, 1.165) is 24.6 Å². The van der Waals surface area contributed by atoms with Gasteiger partial charge in [0, 0.05) is 18.0 Å². The van der Waals surface area contributed by atoms with E-state index in [-0.39, 0.29) is 23.7 Å². The fourth-order valence-electron chi connectivity index (χ4n) is 4.53. The summed E-state index contributed by atoms with van der Waals surface area (Å²) in [6, 6.07) is 14.7. The number of ether oxygens (including phenoxy) is 5. The van der Waals surface area contributed by atoms with Crippen LogP contribution < -0.4 is 14.4 Å². The van der Waals surface area contributed by atoms with Crippen LogP contribution in [0.1, 0.15) is 19.4 Å². The van der Waals surface area contributed by atoms with Gasteiger partial charge in [0.05, 0.1) is 17.0 Å². The maximum absolute atomic E-state index is 6.32. The lowest BCUT2D eigenvalue weighted by Crippen LogP contribution is -2.38. The number of rotatable bonds is 2. The van der Waals surface area contributed by atoms with Crippen molar-refractivity contribution in [2.45, 2.75) is 54.8 Å². The molecule has 2 aromatic rings. The molecular formula is C22H23NO5S. The minimum absolute atomic E-state index is 0.0347. The Labute approximate surface area is 174 Å². The third-order valence-corrected chi connectivity index (χ3v) is 7.21. The predicted molar refractivity (Wildman–Crippen MR) is 108 cm³/mol. The van der Waals surface area contributed by atoms with Gasteiger partial charge in [0.2, 0.25) is 6.79 Å². The highest BCUT2D eigenvalue weighted by molar-refractivity contribution is 8.00. The van der Waals surface area contributed by atoms with Gasteiger partial charge in [0.15, 0.2) is 23.6 Å². The Hall–Kier alpha value is -1.93. The number of para-hydroxylation sites is 1. The zero-order chi connectivity index (χ0) is 19.6. The predicted octanol–water partition coefficient (Wildman–Crippen LogP) is 3.77. The summed E-state index contributed by atoms with van der Waals surface area (Å²) >= 11 is 1.84. The van der Waals surface area contributed by atoms with E-state index in [4.69, 9.17) is 23.7 Å². The summed E-state index contributed by atoms with van der Waals surface area (Å²) in [7, 11) is 0. The molecule has 0 radical (unpaired) electrons. The highest BCUT2D eigenvalue weighted by Gasteiger charge is 2.56. The fraction of sp³-hybridized carbons (Fsp3) is 0.455. The monoisotopic (exact) mass is 413 g/mol. The molecule has 0 aromatic heterocycles. The minimum Gasteiger partial charge on any atom is -0.454 e. The molecule has 0 aliphatic carbocycles. The van der Waals surface area contributed by atoms with Crippen molar-refractivity contribution in [2.75, 3.05) is 18.2 Å². The summed E-state index contributed by atoms with van der Waals surface area (Å²) in [5.74, 6) is 1.02. The second-order valence-corrected chi connectivity index (χ2v) is 9.48. The molecule has 2 aromatic carbocycles. The molecule has 2 fully saturated rings. The van der Waals surface area contributed by atoms with E-state index in [2.05, 4.69) is 41.3 Å². The molecule has 152 valence electrons. The third kappa shape index (κ3) is 3.08. The van der Waals surface area contributed by atoms with E-state index in [9.17, 15) is 0 Å². The number of hydrogen-bond donors (Lipinski definition) is 0. The van der Waals surface area contributed by atoms with Gasteiger partial charge >= 0.3 is 0 Å². The summed E-state index contributed by atoms with van der Waals surface area (Å²) in [5, 5.41) is 0.199. The van der Waals surface area contributed by atoms with Crippen molar-refractivity contribution < 1.29 is 23.7 Å². The Balaban J connectivity index is 1.31. The van der Waals surface area contributed by atoms with Crippen molar-refractivity contribution in [2.24, 2.45) is 0 Å². The average molecular weight is 413 g/mol. The SMILES string of the molecule is CC1(C)O[C@H]2O[C@@H]3CN(Cc4ccc5c(c4)OCO5)c4ccccc4S[C@@H]3[C@H]2O1. The smallest absolute Gasteiger partial charge is 0.231 e. The van der Waals surface area contributed by atoms with Crippen LogP contribution in [0, 0.1) is 0 Å². The average Bonchev–Trinajstić information content (AvgIpc) is 3.32. The maximum atomic E-state index is 6.32. The van der Waals surface area contributed by atoms with Gasteiger partial charge < -0.3 is 28.6 Å². The normalized spacial score (nSPS) is 31.2. The van der Waals surface area contributed by atoms with Gasteiger partial charge in [-0.3, -0.25) is 0 Å². The van der Waals surface area contributed by atoms with E-state index >= 15 is 0 Å². The molecule has 2 saturated heterocycles. The van der Waals surface area contributed by atoms with Gasteiger partial charge in [0.1, 0.15) is 6.10 Å². The van der Waals surface area contributed by atoms with Crippen molar-refractivity contribution in [3.63, 3.8) is 0 Å². The summed E-state index contributed by atoms with van der Waals surface area (Å²) < 4.78 is 29.5. The highest BCUT2D eigenvalue weighted by atomic mass is 32.2. The van der Waals surface area contributed by atoms with E-state index in [1.165, 1.54) is 16.1 Å². The van der Waals surface area contributed by atoms with Crippen molar-refractivity contribution in [3.8, 4) is 11.5 Å². The van der Waals surface area contributed by atoms with Crippen molar-refractivity contribution in [1.82, 2.24) is 0 Å². The molecule has 4 aliphatic rings. The molecule has 0 saturated carbocycles. The Morgan fingerprint density at radius 1 is 1.07 bits per heavy atom. The Morgan fingerprint density at radius 2 is 1.93 bits per heavy atom. The van der Waals surface area contributed by atoms with E-state index in [0.29, 0.717) is 6.79 Å².